The van der Waals surface area contributed by atoms with Crippen LogP contribution in [0.3, 0.4) is 0 Å². The van der Waals surface area contributed by atoms with E-state index in [4.69, 9.17) is 4.74 Å². The molecule has 1 aromatic carbocycles. The largest absolute Gasteiger partial charge is 0.497 e. The molecule has 2 rings (SSSR count). The lowest BCUT2D eigenvalue weighted by Gasteiger charge is -2.22. The van der Waals surface area contributed by atoms with Crippen molar-refractivity contribution in [3.63, 3.8) is 0 Å². The molecule has 0 bridgehead atoms. The number of alkyl halides is 3. The fourth-order valence-corrected chi connectivity index (χ4v) is 2.76. The van der Waals surface area contributed by atoms with E-state index in [1.54, 1.807) is 14.0 Å². The van der Waals surface area contributed by atoms with Gasteiger partial charge in [0.05, 0.1) is 25.0 Å². The van der Waals surface area contributed by atoms with Gasteiger partial charge in [0, 0.05) is 5.92 Å². The molecule has 0 saturated heterocycles. The Bertz CT molecular complexity index is 810. The summed E-state index contributed by atoms with van der Waals surface area (Å²) >= 11 is 0. The van der Waals surface area contributed by atoms with Gasteiger partial charge in [-0.25, -0.2) is 0 Å². The number of aromatic nitrogens is 1. The monoisotopic (exact) mass is 410 g/mol. The number of methoxy groups -OCH3 is 1. The first-order chi connectivity index (χ1) is 13.6. The Balaban J connectivity index is 1.96. The van der Waals surface area contributed by atoms with Gasteiger partial charge in [-0.1, -0.05) is 26.0 Å². The number of rotatable bonds is 8. The van der Waals surface area contributed by atoms with Crippen LogP contribution < -0.4 is 14.8 Å². The van der Waals surface area contributed by atoms with Gasteiger partial charge in [-0.15, -0.1) is 0 Å². The van der Waals surface area contributed by atoms with E-state index >= 15 is 0 Å². The van der Waals surface area contributed by atoms with Crippen molar-refractivity contribution in [1.82, 2.24) is 10.3 Å². The summed E-state index contributed by atoms with van der Waals surface area (Å²) in [6.07, 6.45) is -3.19. The highest BCUT2D eigenvalue weighted by atomic mass is 19.4. The second kappa shape index (κ2) is 9.62. The molecule has 0 aliphatic heterocycles. The van der Waals surface area contributed by atoms with E-state index in [-0.39, 0.29) is 23.5 Å². The number of halogens is 3. The van der Waals surface area contributed by atoms with Crippen molar-refractivity contribution in [3.05, 3.63) is 53.9 Å². The number of nitrogens with one attached hydrogen (secondary N) is 1. The Morgan fingerprint density at radius 2 is 1.86 bits per heavy atom. The number of amides is 1. The molecule has 158 valence electrons. The molecular formula is C21H25F3N2O3. The van der Waals surface area contributed by atoms with Gasteiger partial charge < -0.3 is 14.8 Å². The van der Waals surface area contributed by atoms with Crippen molar-refractivity contribution in [1.29, 1.82) is 0 Å². The maximum absolute atomic E-state index is 12.7. The average Bonchev–Trinajstić information content (AvgIpc) is 2.70. The topological polar surface area (TPSA) is 60.5 Å². The van der Waals surface area contributed by atoms with E-state index in [1.165, 1.54) is 18.3 Å². The molecule has 0 radical (unpaired) electrons. The maximum Gasteiger partial charge on any atom is 0.422 e. The van der Waals surface area contributed by atoms with Crippen LogP contribution in [0.15, 0.2) is 42.6 Å². The summed E-state index contributed by atoms with van der Waals surface area (Å²) in [5.74, 6) is 0.256. The number of ether oxygens (including phenoxy) is 2. The minimum atomic E-state index is -4.41. The molecule has 1 amide bonds. The number of benzene rings is 1. The summed E-state index contributed by atoms with van der Waals surface area (Å²) in [4.78, 5) is 16.7. The molecule has 2 unspecified atom stereocenters. The van der Waals surface area contributed by atoms with Crippen molar-refractivity contribution in [3.8, 4) is 11.5 Å². The lowest BCUT2D eigenvalue weighted by Crippen LogP contribution is -2.34. The number of hydrogen-bond donors (Lipinski definition) is 1. The van der Waals surface area contributed by atoms with Gasteiger partial charge in [0.2, 0.25) is 5.91 Å². The molecule has 1 heterocycles. The Morgan fingerprint density at radius 1 is 1.14 bits per heavy atom. The molecule has 29 heavy (non-hydrogen) atoms. The fourth-order valence-electron chi connectivity index (χ4n) is 2.76. The third-order valence-corrected chi connectivity index (χ3v) is 4.75. The van der Waals surface area contributed by atoms with Gasteiger partial charge >= 0.3 is 6.18 Å². The van der Waals surface area contributed by atoms with Gasteiger partial charge in [-0.2, -0.15) is 13.2 Å². The predicted octanol–water partition coefficient (Wildman–Crippen LogP) is 4.65. The molecule has 8 heteroatoms. The minimum absolute atomic E-state index is 0.0182. The van der Waals surface area contributed by atoms with Crippen molar-refractivity contribution < 1.29 is 27.4 Å². The maximum atomic E-state index is 12.7. The fraction of sp³-hybridized carbons (Fsp3) is 0.429. The van der Waals surface area contributed by atoms with Gasteiger partial charge in [0.25, 0.3) is 0 Å². The quantitative estimate of drug-likeness (QED) is 0.688. The van der Waals surface area contributed by atoms with Crippen LogP contribution in [0.4, 0.5) is 13.2 Å². The first-order valence-corrected chi connectivity index (χ1v) is 9.20. The van der Waals surface area contributed by atoms with Crippen LogP contribution in [0.2, 0.25) is 0 Å². The highest BCUT2D eigenvalue weighted by molar-refractivity contribution is 5.79. The Morgan fingerprint density at radius 3 is 2.45 bits per heavy atom. The molecule has 2 aromatic rings. The predicted molar refractivity (Wildman–Crippen MR) is 103 cm³/mol. The summed E-state index contributed by atoms with van der Waals surface area (Å²) in [6, 6.07) is 10.1. The highest BCUT2D eigenvalue weighted by Crippen LogP contribution is 2.28. The Labute approximate surface area is 168 Å². The van der Waals surface area contributed by atoms with Gasteiger partial charge in [0.15, 0.2) is 6.61 Å². The zero-order valence-corrected chi connectivity index (χ0v) is 16.8. The van der Waals surface area contributed by atoms with Crippen LogP contribution in [0, 0.1) is 5.92 Å². The third kappa shape index (κ3) is 6.66. The number of pyridine rings is 1. The molecule has 0 aliphatic rings. The van der Waals surface area contributed by atoms with E-state index in [0.29, 0.717) is 5.69 Å². The van der Waals surface area contributed by atoms with Crippen molar-refractivity contribution in [2.24, 2.45) is 5.92 Å². The zero-order chi connectivity index (χ0) is 21.6. The molecule has 0 spiro atoms. The average molecular weight is 410 g/mol. The van der Waals surface area contributed by atoms with Crippen LogP contribution in [0.5, 0.6) is 11.5 Å². The van der Waals surface area contributed by atoms with Gasteiger partial charge in [-0.3, -0.25) is 9.78 Å². The lowest BCUT2D eigenvalue weighted by molar-refractivity contribution is -0.153. The number of carbonyl (C=O) groups excluding carboxylic acids is 1. The summed E-state index contributed by atoms with van der Waals surface area (Å²) in [5, 5.41) is 2.90. The van der Waals surface area contributed by atoms with Crippen molar-refractivity contribution in [2.45, 2.75) is 38.9 Å². The number of nitrogens with zero attached hydrogens (tertiary/aromatic N) is 1. The van der Waals surface area contributed by atoms with E-state index < -0.39 is 18.8 Å². The van der Waals surface area contributed by atoms with Crippen molar-refractivity contribution in [2.75, 3.05) is 13.7 Å². The second-order valence-corrected chi connectivity index (χ2v) is 6.91. The first-order valence-electron chi connectivity index (χ1n) is 9.20. The molecule has 3 atom stereocenters. The molecular weight excluding hydrogens is 385 g/mol. The molecule has 0 fully saturated rings. The van der Waals surface area contributed by atoms with E-state index in [2.05, 4.69) is 15.0 Å². The zero-order valence-electron chi connectivity index (χ0n) is 16.8. The van der Waals surface area contributed by atoms with E-state index in [1.807, 2.05) is 38.1 Å². The van der Waals surface area contributed by atoms with Crippen LogP contribution in [0.1, 0.15) is 44.0 Å². The first kappa shape index (κ1) is 22.5. The summed E-state index contributed by atoms with van der Waals surface area (Å²) in [6.45, 7) is 4.20. The second-order valence-electron chi connectivity index (χ2n) is 6.91. The van der Waals surface area contributed by atoms with Crippen LogP contribution in [0.25, 0.3) is 0 Å². The van der Waals surface area contributed by atoms with Crippen LogP contribution in [-0.2, 0) is 4.79 Å². The molecule has 1 aromatic heterocycles. The summed E-state index contributed by atoms with van der Waals surface area (Å²) in [5.41, 5.74) is 1.52. The number of carbonyl (C=O) groups is 1. The van der Waals surface area contributed by atoms with Crippen LogP contribution in [-0.4, -0.2) is 30.8 Å². The number of hydrogen-bond acceptors (Lipinski definition) is 4. The van der Waals surface area contributed by atoms with E-state index in [0.717, 1.165) is 11.3 Å². The lowest BCUT2D eigenvalue weighted by atomic mass is 9.88. The Kier molecular flexibility index (Phi) is 7.47. The molecule has 5 nitrogen and oxygen atoms in total. The van der Waals surface area contributed by atoms with Crippen molar-refractivity contribution >= 4 is 5.91 Å². The minimum Gasteiger partial charge on any atom is -0.497 e. The Hall–Kier alpha value is -2.77. The van der Waals surface area contributed by atoms with Crippen LogP contribution >= 0.6 is 0 Å². The SMILES string of the molecule is COc1cccc(C(C)[C@@H](C)C(=O)NC(C)c2ccc(OCC(F)(F)F)cn2)c1. The molecule has 1 N–H and O–H groups in total. The van der Waals surface area contributed by atoms with Gasteiger partial charge in [0.1, 0.15) is 11.5 Å². The van der Waals surface area contributed by atoms with E-state index in [9.17, 15) is 18.0 Å². The normalized spacial score (nSPS) is 14.6. The summed E-state index contributed by atoms with van der Waals surface area (Å²) in [7, 11) is 1.59. The third-order valence-electron chi connectivity index (χ3n) is 4.75. The highest BCUT2D eigenvalue weighted by Gasteiger charge is 2.28. The van der Waals surface area contributed by atoms with Gasteiger partial charge in [-0.05, 0) is 42.7 Å². The molecule has 0 saturated carbocycles. The smallest absolute Gasteiger partial charge is 0.422 e. The standard InChI is InChI=1S/C21H25F3N2O3/c1-13(16-6-5-7-17(10-16)28-4)14(2)20(27)26-15(3)19-9-8-18(11-25-19)29-12-21(22,23)24/h5-11,13-15H,12H2,1-4H3,(H,26,27)/t13?,14-,15?/m1/s1. The molecule has 0 aliphatic carbocycles. The summed E-state index contributed by atoms with van der Waals surface area (Å²) < 4.78 is 46.5.